The molecule has 0 aliphatic carbocycles. The van der Waals surface area contributed by atoms with Crippen LogP contribution in [-0.4, -0.2) is 17.5 Å². The molecule has 0 unspecified atom stereocenters. The van der Waals surface area contributed by atoms with E-state index in [0.29, 0.717) is 11.4 Å². The number of nitrogen functional groups attached to an aromatic ring is 1. The predicted octanol–water partition coefficient (Wildman–Crippen LogP) is 2.38. The molecule has 2 rings (SSSR count). The van der Waals surface area contributed by atoms with Crippen LogP contribution in [0.4, 0.5) is 11.4 Å². The minimum absolute atomic E-state index is 0.115. The standard InChI is InChI=1S/C15H17N3O2/c1-11-6-8-17-10-13(11)18-15(19)7-9-20-14-5-3-2-4-12(14)16/h2-6,8,10H,7,9,16H2,1H3,(H,18,19). The van der Waals surface area contributed by atoms with E-state index in [-0.39, 0.29) is 18.9 Å². The fraction of sp³-hybridized carbons (Fsp3) is 0.200. The minimum Gasteiger partial charge on any atom is -0.491 e. The molecular weight excluding hydrogens is 254 g/mol. The van der Waals surface area contributed by atoms with E-state index < -0.39 is 0 Å². The molecule has 104 valence electrons. The van der Waals surface area contributed by atoms with Crippen LogP contribution in [0.2, 0.25) is 0 Å². The number of rotatable bonds is 5. The molecule has 0 atom stereocenters. The minimum atomic E-state index is -0.115. The molecule has 0 spiro atoms. The number of carbonyl (C=O) groups is 1. The van der Waals surface area contributed by atoms with Gasteiger partial charge in [0.1, 0.15) is 5.75 Å². The molecule has 1 aromatic carbocycles. The fourth-order valence-electron chi connectivity index (χ4n) is 1.67. The van der Waals surface area contributed by atoms with Crippen LogP contribution >= 0.6 is 0 Å². The smallest absolute Gasteiger partial charge is 0.227 e. The van der Waals surface area contributed by atoms with E-state index in [1.54, 1.807) is 24.5 Å². The van der Waals surface area contributed by atoms with Crippen molar-refractivity contribution in [3.05, 3.63) is 48.3 Å². The van der Waals surface area contributed by atoms with Crippen molar-refractivity contribution in [2.45, 2.75) is 13.3 Å². The van der Waals surface area contributed by atoms with Crippen LogP contribution < -0.4 is 15.8 Å². The van der Waals surface area contributed by atoms with Crippen LogP contribution in [0.5, 0.6) is 5.75 Å². The molecule has 0 saturated carbocycles. The molecule has 0 aliphatic rings. The maximum absolute atomic E-state index is 11.8. The number of aryl methyl sites for hydroxylation is 1. The summed E-state index contributed by atoms with van der Waals surface area (Å²) in [4.78, 5) is 15.8. The molecule has 3 N–H and O–H groups in total. The van der Waals surface area contributed by atoms with Crippen LogP contribution in [0.25, 0.3) is 0 Å². The zero-order valence-corrected chi connectivity index (χ0v) is 11.3. The number of hydrogen-bond donors (Lipinski definition) is 2. The fourth-order valence-corrected chi connectivity index (χ4v) is 1.67. The summed E-state index contributed by atoms with van der Waals surface area (Å²) in [6.45, 7) is 2.19. The van der Waals surface area contributed by atoms with E-state index in [0.717, 1.165) is 11.3 Å². The quantitative estimate of drug-likeness (QED) is 0.818. The number of hydrogen-bond acceptors (Lipinski definition) is 4. The summed E-state index contributed by atoms with van der Waals surface area (Å²) in [5, 5.41) is 2.80. The van der Waals surface area contributed by atoms with E-state index in [2.05, 4.69) is 10.3 Å². The molecule has 5 nitrogen and oxygen atoms in total. The third kappa shape index (κ3) is 3.71. The summed E-state index contributed by atoms with van der Waals surface area (Å²) in [5.74, 6) is 0.480. The van der Waals surface area contributed by atoms with E-state index in [1.807, 2.05) is 25.1 Å². The van der Waals surface area contributed by atoms with Gasteiger partial charge in [-0.15, -0.1) is 0 Å². The molecule has 5 heteroatoms. The molecule has 0 fully saturated rings. The largest absolute Gasteiger partial charge is 0.491 e. The summed E-state index contributed by atoms with van der Waals surface area (Å²) >= 11 is 0. The van der Waals surface area contributed by atoms with Crippen LogP contribution in [0.1, 0.15) is 12.0 Å². The van der Waals surface area contributed by atoms with Gasteiger partial charge in [0.05, 0.1) is 30.6 Å². The van der Waals surface area contributed by atoms with Gasteiger partial charge in [-0.05, 0) is 30.7 Å². The normalized spacial score (nSPS) is 10.1. The van der Waals surface area contributed by atoms with Gasteiger partial charge in [-0.3, -0.25) is 9.78 Å². The van der Waals surface area contributed by atoms with Crippen molar-refractivity contribution in [2.24, 2.45) is 0 Å². The van der Waals surface area contributed by atoms with Crippen molar-refractivity contribution in [2.75, 3.05) is 17.7 Å². The maximum atomic E-state index is 11.8. The number of nitrogens with zero attached hydrogens (tertiary/aromatic N) is 1. The summed E-state index contributed by atoms with van der Waals surface area (Å²) in [6, 6.07) is 9.05. The summed E-state index contributed by atoms with van der Waals surface area (Å²) in [7, 11) is 0. The Morgan fingerprint density at radius 1 is 1.35 bits per heavy atom. The number of carbonyl (C=O) groups excluding carboxylic acids is 1. The van der Waals surface area contributed by atoms with Crippen molar-refractivity contribution in [3.63, 3.8) is 0 Å². The van der Waals surface area contributed by atoms with Crippen LogP contribution in [0.3, 0.4) is 0 Å². The Kier molecular flexibility index (Phi) is 4.55. The Hall–Kier alpha value is -2.56. The highest BCUT2D eigenvalue weighted by molar-refractivity contribution is 5.91. The average molecular weight is 271 g/mol. The zero-order chi connectivity index (χ0) is 14.4. The van der Waals surface area contributed by atoms with Crippen molar-refractivity contribution >= 4 is 17.3 Å². The molecule has 0 bridgehead atoms. The van der Waals surface area contributed by atoms with Gasteiger partial charge in [0.2, 0.25) is 5.91 Å². The van der Waals surface area contributed by atoms with Crippen LogP contribution in [0, 0.1) is 6.92 Å². The van der Waals surface area contributed by atoms with Gasteiger partial charge in [0, 0.05) is 6.20 Å². The van der Waals surface area contributed by atoms with Gasteiger partial charge in [0.15, 0.2) is 0 Å². The van der Waals surface area contributed by atoms with Crippen LogP contribution in [-0.2, 0) is 4.79 Å². The molecule has 0 saturated heterocycles. The van der Waals surface area contributed by atoms with Crippen molar-refractivity contribution in [1.29, 1.82) is 0 Å². The molecule has 1 aromatic heterocycles. The second-order valence-corrected chi connectivity index (χ2v) is 4.38. The van der Waals surface area contributed by atoms with E-state index in [9.17, 15) is 4.79 Å². The van der Waals surface area contributed by atoms with Gasteiger partial charge in [0.25, 0.3) is 0 Å². The lowest BCUT2D eigenvalue weighted by Crippen LogP contribution is -2.16. The molecule has 2 aromatic rings. The van der Waals surface area contributed by atoms with Gasteiger partial charge >= 0.3 is 0 Å². The predicted molar refractivity (Wildman–Crippen MR) is 78.6 cm³/mol. The number of nitrogens with two attached hydrogens (primary N) is 1. The highest BCUT2D eigenvalue weighted by Crippen LogP contribution is 2.19. The highest BCUT2D eigenvalue weighted by Gasteiger charge is 2.06. The maximum Gasteiger partial charge on any atom is 0.227 e. The summed E-state index contributed by atoms with van der Waals surface area (Å²) in [6.07, 6.45) is 3.57. The van der Waals surface area contributed by atoms with Crippen molar-refractivity contribution < 1.29 is 9.53 Å². The third-order valence-corrected chi connectivity index (χ3v) is 2.82. The first-order valence-corrected chi connectivity index (χ1v) is 6.34. The van der Waals surface area contributed by atoms with Gasteiger partial charge in [-0.25, -0.2) is 0 Å². The lowest BCUT2D eigenvalue weighted by Gasteiger charge is -2.09. The number of anilines is 2. The number of ether oxygens (including phenoxy) is 1. The van der Waals surface area contributed by atoms with Crippen molar-refractivity contribution in [3.8, 4) is 5.75 Å². The van der Waals surface area contributed by atoms with E-state index in [1.165, 1.54) is 0 Å². The molecule has 1 amide bonds. The first kappa shape index (κ1) is 13.9. The first-order valence-electron chi connectivity index (χ1n) is 6.34. The lowest BCUT2D eigenvalue weighted by molar-refractivity contribution is -0.116. The molecule has 1 heterocycles. The summed E-state index contributed by atoms with van der Waals surface area (Å²) in [5.41, 5.74) is 8.01. The molecule has 0 radical (unpaired) electrons. The Morgan fingerprint density at radius 3 is 2.90 bits per heavy atom. The van der Waals surface area contributed by atoms with E-state index >= 15 is 0 Å². The Bertz CT molecular complexity index is 599. The first-order chi connectivity index (χ1) is 9.66. The number of benzene rings is 1. The van der Waals surface area contributed by atoms with Gasteiger partial charge in [-0.1, -0.05) is 12.1 Å². The average Bonchev–Trinajstić information content (AvgIpc) is 2.43. The summed E-state index contributed by atoms with van der Waals surface area (Å²) < 4.78 is 5.47. The van der Waals surface area contributed by atoms with Crippen LogP contribution in [0.15, 0.2) is 42.7 Å². The lowest BCUT2D eigenvalue weighted by atomic mass is 10.2. The Labute approximate surface area is 117 Å². The SMILES string of the molecule is Cc1ccncc1NC(=O)CCOc1ccccc1N. The zero-order valence-electron chi connectivity index (χ0n) is 11.3. The topological polar surface area (TPSA) is 77.2 Å². The number of nitrogens with one attached hydrogen (secondary N) is 1. The number of amides is 1. The van der Waals surface area contributed by atoms with Crippen molar-refractivity contribution in [1.82, 2.24) is 4.98 Å². The number of aromatic nitrogens is 1. The third-order valence-electron chi connectivity index (χ3n) is 2.82. The highest BCUT2D eigenvalue weighted by atomic mass is 16.5. The molecule has 20 heavy (non-hydrogen) atoms. The monoisotopic (exact) mass is 271 g/mol. The second kappa shape index (κ2) is 6.56. The second-order valence-electron chi connectivity index (χ2n) is 4.38. The van der Waals surface area contributed by atoms with Gasteiger partial charge < -0.3 is 15.8 Å². The Morgan fingerprint density at radius 2 is 2.15 bits per heavy atom. The number of pyridine rings is 1. The molecule has 0 aliphatic heterocycles. The number of para-hydroxylation sites is 2. The molecular formula is C15H17N3O2. The van der Waals surface area contributed by atoms with E-state index in [4.69, 9.17) is 10.5 Å². The van der Waals surface area contributed by atoms with Gasteiger partial charge in [-0.2, -0.15) is 0 Å². The Balaban J connectivity index is 1.82.